The Kier molecular flexibility index (Phi) is 2.37. The van der Waals surface area contributed by atoms with E-state index in [0.29, 0.717) is 0 Å². The van der Waals surface area contributed by atoms with Crippen molar-refractivity contribution in [1.82, 2.24) is 9.97 Å². The van der Waals surface area contributed by atoms with E-state index in [4.69, 9.17) is 0 Å². The smallest absolute Gasteiger partial charge is 0.137 e. The molecule has 4 heteroatoms. The maximum atomic E-state index is 9.28. The van der Waals surface area contributed by atoms with Crippen molar-refractivity contribution in [2.24, 2.45) is 0 Å². The van der Waals surface area contributed by atoms with Gasteiger partial charge in [0.05, 0.1) is 0 Å². The molecule has 0 radical (unpaired) electrons. The van der Waals surface area contributed by atoms with Crippen molar-refractivity contribution in [3.8, 4) is 16.9 Å². The van der Waals surface area contributed by atoms with Gasteiger partial charge in [0.1, 0.15) is 11.4 Å². The fourth-order valence-corrected chi connectivity index (χ4v) is 2.19. The molecule has 2 N–H and O–H groups in total. The van der Waals surface area contributed by atoms with E-state index in [2.05, 4.69) is 25.9 Å². The van der Waals surface area contributed by atoms with Crippen LogP contribution in [0.1, 0.15) is 0 Å². The Morgan fingerprint density at radius 2 is 1.94 bits per heavy atom. The Morgan fingerprint density at radius 3 is 2.71 bits per heavy atom. The molecule has 1 aromatic carbocycles. The van der Waals surface area contributed by atoms with Crippen molar-refractivity contribution in [1.29, 1.82) is 0 Å². The van der Waals surface area contributed by atoms with Crippen LogP contribution < -0.4 is 0 Å². The summed E-state index contributed by atoms with van der Waals surface area (Å²) in [6, 6.07) is 9.16. The maximum Gasteiger partial charge on any atom is 0.137 e. The first-order valence-electron chi connectivity index (χ1n) is 5.16. The zero-order valence-corrected chi connectivity index (χ0v) is 10.4. The van der Waals surface area contributed by atoms with E-state index < -0.39 is 0 Å². The minimum atomic E-state index is 0.271. The van der Waals surface area contributed by atoms with Gasteiger partial charge in [0, 0.05) is 27.8 Å². The first kappa shape index (κ1) is 10.4. The number of benzene rings is 1. The number of nitrogens with zero attached hydrogens (tertiary/aromatic N) is 1. The summed E-state index contributed by atoms with van der Waals surface area (Å²) in [6.45, 7) is 0. The fourth-order valence-electron chi connectivity index (χ4n) is 1.86. The molecule has 0 fully saturated rings. The first-order chi connectivity index (χ1) is 8.24. The highest BCUT2D eigenvalue weighted by molar-refractivity contribution is 9.10. The van der Waals surface area contributed by atoms with Gasteiger partial charge in [-0.25, -0.2) is 4.98 Å². The summed E-state index contributed by atoms with van der Waals surface area (Å²) in [5, 5.41) is 10.3. The number of nitrogens with one attached hydrogen (secondary N) is 1. The molecule has 0 saturated heterocycles. The normalized spacial score (nSPS) is 10.9. The molecule has 2 heterocycles. The number of pyridine rings is 1. The number of aromatic amines is 1. The molecule has 0 bridgehead atoms. The number of halogens is 1. The van der Waals surface area contributed by atoms with Gasteiger partial charge in [-0.1, -0.05) is 12.1 Å². The number of rotatable bonds is 1. The highest BCUT2D eigenvalue weighted by Gasteiger charge is 2.07. The molecule has 84 valence electrons. The SMILES string of the molecule is Oc1ccc(-c2c[nH]c3ncc(Br)cc23)cc1. The Bertz CT molecular complexity index is 673. The molecular formula is C13H9BrN2O. The quantitative estimate of drug-likeness (QED) is 0.717. The largest absolute Gasteiger partial charge is 0.508 e. The molecule has 3 aromatic rings. The molecule has 0 saturated carbocycles. The average molecular weight is 289 g/mol. The number of aromatic nitrogens is 2. The van der Waals surface area contributed by atoms with Crippen molar-refractivity contribution in [2.45, 2.75) is 0 Å². The Hall–Kier alpha value is -1.81. The molecule has 0 unspecified atom stereocenters. The van der Waals surface area contributed by atoms with Crippen LogP contribution in [0.5, 0.6) is 5.75 Å². The van der Waals surface area contributed by atoms with Gasteiger partial charge in [0.25, 0.3) is 0 Å². The standard InChI is InChI=1S/C13H9BrN2O/c14-9-5-11-12(7-16-13(11)15-6-9)8-1-3-10(17)4-2-8/h1-7,17H,(H,15,16). The minimum Gasteiger partial charge on any atom is -0.508 e. The van der Waals surface area contributed by atoms with E-state index in [1.165, 1.54) is 0 Å². The zero-order chi connectivity index (χ0) is 11.8. The number of hydrogen-bond donors (Lipinski definition) is 2. The van der Waals surface area contributed by atoms with E-state index in [1.54, 1.807) is 18.3 Å². The van der Waals surface area contributed by atoms with Gasteiger partial charge in [-0.3, -0.25) is 0 Å². The molecule has 0 aliphatic rings. The lowest BCUT2D eigenvalue weighted by Crippen LogP contribution is -1.77. The van der Waals surface area contributed by atoms with Gasteiger partial charge in [-0.2, -0.15) is 0 Å². The second-order valence-electron chi connectivity index (χ2n) is 3.80. The van der Waals surface area contributed by atoms with Crippen LogP contribution >= 0.6 is 15.9 Å². The summed E-state index contributed by atoms with van der Waals surface area (Å²) in [6.07, 6.45) is 3.69. The van der Waals surface area contributed by atoms with Crippen LogP contribution in [-0.4, -0.2) is 15.1 Å². The number of fused-ring (bicyclic) bond motifs is 1. The van der Waals surface area contributed by atoms with Crippen molar-refractivity contribution >= 4 is 27.0 Å². The predicted octanol–water partition coefficient (Wildman–Crippen LogP) is 3.70. The molecule has 0 aliphatic carbocycles. The van der Waals surface area contributed by atoms with Crippen LogP contribution in [0.4, 0.5) is 0 Å². The number of H-pyrrole nitrogens is 1. The van der Waals surface area contributed by atoms with Gasteiger partial charge in [0.15, 0.2) is 0 Å². The molecule has 3 rings (SSSR count). The topological polar surface area (TPSA) is 48.9 Å². The summed E-state index contributed by atoms with van der Waals surface area (Å²) in [4.78, 5) is 7.43. The zero-order valence-electron chi connectivity index (χ0n) is 8.81. The average Bonchev–Trinajstić information content (AvgIpc) is 2.73. The second-order valence-corrected chi connectivity index (χ2v) is 4.71. The maximum absolute atomic E-state index is 9.28. The molecule has 3 nitrogen and oxygen atoms in total. The number of phenols is 1. The van der Waals surface area contributed by atoms with Crippen molar-refractivity contribution in [3.63, 3.8) is 0 Å². The molecular weight excluding hydrogens is 280 g/mol. The van der Waals surface area contributed by atoms with Crippen LogP contribution in [0, 0.1) is 0 Å². The molecule has 17 heavy (non-hydrogen) atoms. The summed E-state index contributed by atoms with van der Waals surface area (Å²) >= 11 is 3.42. The lowest BCUT2D eigenvalue weighted by atomic mass is 10.1. The summed E-state index contributed by atoms with van der Waals surface area (Å²) in [5.41, 5.74) is 2.99. The van der Waals surface area contributed by atoms with Gasteiger partial charge < -0.3 is 10.1 Å². The second kappa shape index (κ2) is 3.89. The van der Waals surface area contributed by atoms with E-state index in [-0.39, 0.29) is 5.75 Å². The third-order valence-electron chi connectivity index (χ3n) is 2.68. The van der Waals surface area contributed by atoms with E-state index >= 15 is 0 Å². The van der Waals surface area contributed by atoms with Crippen molar-refractivity contribution in [3.05, 3.63) is 47.2 Å². The summed E-state index contributed by atoms with van der Waals surface area (Å²) < 4.78 is 0.949. The van der Waals surface area contributed by atoms with Crippen molar-refractivity contribution < 1.29 is 5.11 Å². The van der Waals surface area contributed by atoms with E-state index in [9.17, 15) is 5.11 Å². The Morgan fingerprint density at radius 1 is 1.18 bits per heavy atom. The Labute approximate surface area is 106 Å². The summed E-state index contributed by atoms with van der Waals surface area (Å²) in [5.74, 6) is 0.271. The van der Waals surface area contributed by atoms with Crippen molar-refractivity contribution in [2.75, 3.05) is 0 Å². The van der Waals surface area contributed by atoms with Crippen LogP contribution in [0.25, 0.3) is 22.2 Å². The molecule has 0 amide bonds. The van der Waals surface area contributed by atoms with E-state index in [1.807, 2.05) is 24.4 Å². The van der Waals surface area contributed by atoms with Gasteiger partial charge >= 0.3 is 0 Å². The lowest BCUT2D eigenvalue weighted by Gasteiger charge is -2.00. The highest BCUT2D eigenvalue weighted by atomic mass is 79.9. The minimum absolute atomic E-state index is 0.271. The Balaban J connectivity index is 2.23. The first-order valence-corrected chi connectivity index (χ1v) is 5.95. The molecule has 0 aliphatic heterocycles. The number of aromatic hydroxyl groups is 1. The third kappa shape index (κ3) is 1.80. The predicted molar refractivity (Wildman–Crippen MR) is 70.9 cm³/mol. The van der Waals surface area contributed by atoms with Crippen LogP contribution in [0.2, 0.25) is 0 Å². The molecule has 2 aromatic heterocycles. The van der Waals surface area contributed by atoms with E-state index in [0.717, 1.165) is 26.6 Å². The number of phenolic OH excluding ortho intramolecular Hbond substituents is 1. The van der Waals surface area contributed by atoms with Gasteiger partial charge in [-0.15, -0.1) is 0 Å². The lowest BCUT2D eigenvalue weighted by molar-refractivity contribution is 0.475. The monoisotopic (exact) mass is 288 g/mol. The molecule has 0 atom stereocenters. The van der Waals surface area contributed by atoms with Crippen LogP contribution in [0.3, 0.4) is 0 Å². The number of hydrogen-bond acceptors (Lipinski definition) is 2. The molecule has 0 spiro atoms. The fraction of sp³-hybridized carbons (Fsp3) is 0. The third-order valence-corrected chi connectivity index (χ3v) is 3.11. The highest BCUT2D eigenvalue weighted by Crippen LogP contribution is 2.30. The van der Waals surface area contributed by atoms with Gasteiger partial charge in [-0.05, 0) is 39.7 Å². The summed E-state index contributed by atoms with van der Waals surface area (Å²) in [7, 11) is 0. The van der Waals surface area contributed by atoms with Crippen LogP contribution in [-0.2, 0) is 0 Å². The van der Waals surface area contributed by atoms with Crippen LogP contribution in [0.15, 0.2) is 47.2 Å². The van der Waals surface area contributed by atoms with Gasteiger partial charge in [0.2, 0.25) is 0 Å².